The molecule has 0 saturated heterocycles. The third kappa shape index (κ3) is 10.5. The molecule has 2 heterocycles. The summed E-state index contributed by atoms with van der Waals surface area (Å²) in [5.41, 5.74) is 3.37. The van der Waals surface area contributed by atoms with Crippen molar-refractivity contribution in [1.29, 1.82) is 0 Å². The van der Waals surface area contributed by atoms with Crippen LogP contribution in [0.2, 0.25) is 0 Å². The Morgan fingerprint density at radius 3 is 1.80 bits per heavy atom. The first-order valence-corrected chi connectivity index (χ1v) is 20.0. The van der Waals surface area contributed by atoms with Crippen LogP contribution in [0.5, 0.6) is 23.0 Å². The van der Waals surface area contributed by atoms with Gasteiger partial charge in [-0.1, -0.05) is 111 Å². The van der Waals surface area contributed by atoms with Crippen molar-refractivity contribution in [2.24, 2.45) is 0 Å². The molecule has 278 valence electrons. The Labute approximate surface area is 309 Å². The molecular weight excluding hydrogens is 675 g/mol. The van der Waals surface area contributed by atoms with Crippen LogP contribution in [0.1, 0.15) is 191 Å². The second-order valence-corrected chi connectivity index (χ2v) is 14.7. The standard InChI is InChI=1S/C41H58Cl2O7/c1-4-7-10-13-16-19-28-22-23-47-26-48-37-31(28)25-33-30(21-18-15-12-9-6-3)32-24-29(20-17-14-11-8-5-2)36(44)34(40(42)45)38(32)49-27-50-39(33)35(37)41(43)46/h24-25,28,30,44H,4-23,26-27H2,1-3H3. The van der Waals surface area contributed by atoms with E-state index in [9.17, 15) is 14.7 Å². The Balaban J connectivity index is 1.90. The fourth-order valence-corrected chi connectivity index (χ4v) is 7.94. The summed E-state index contributed by atoms with van der Waals surface area (Å²) in [5, 5.41) is 9.98. The van der Waals surface area contributed by atoms with Crippen LogP contribution >= 0.6 is 23.2 Å². The predicted octanol–water partition coefficient (Wildman–Crippen LogP) is 12.1. The van der Waals surface area contributed by atoms with Crippen LogP contribution in [0.4, 0.5) is 0 Å². The molecule has 4 rings (SSSR count). The van der Waals surface area contributed by atoms with Crippen molar-refractivity contribution in [2.75, 3.05) is 20.2 Å². The van der Waals surface area contributed by atoms with Gasteiger partial charge in [0, 0.05) is 17.0 Å². The molecule has 0 saturated carbocycles. The van der Waals surface area contributed by atoms with Crippen LogP contribution in [-0.2, 0) is 11.2 Å². The lowest BCUT2D eigenvalue weighted by Crippen LogP contribution is -2.22. The number of hydrogen-bond donors (Lipinski definition) is 1. The van der Waals surface area contributed by atoms with E-state index in [0.717, 1.165) is 107 Å². The van der Waals surface area contributed by atoms with Gasteiger partial charge in [-0.05, 0) is 84.5 Å². The lowest BCUT2D eigenvalue weighted by Gasteiger charge is -2.32. The average molecular weight is 734 g/mol. The van der Waals surface area contributed by atoms with Crippen LogP contribution in [0.25, 0.3) is 0 Å². The smallest absolute Gasteiger partial charge is 0.259 e. The van der Waals surface area contributed by atoms with E-state index >= 15 is 0 Å². The third-order valence-electron chi connectivity index (χ3n) is 10.3. The van der Waals surface area contributed by atoms with Gasteiger partial charge in [-0.15, -0.1) is 0 Å². The molecule has 7 nitrogen and oxygen atoms in total. The first-order valence-electron chi connectivity index (χ1n) is 19.3. The molecule has 0 bridgehead atoms. The zero-order valence-electron chi connectivity index (χ0n) is 30.5. The van der Waals surface area contributed by atoms with Crippen LogP contribution in [0, 0.1) is 0 Å². The minimum atomic E-state index is -0.777. The van der Waals surface area contributed by atoms with E-state index in [-0.39, 0.29) is 48.0 Å². The minimum absolute atomic E-state index is 0.00839. The van der Waals surface area contributed by atoms with Crippen molar-refractivity contribution in [1.82, 2.24) is 0 Å². The van der Waals surface area contributed by atoms with E-state index in [2.05, 4.69) is 26.8 Å². The number of rotatable bonds is 20. The maximum absolute atomic E-state index is 13.4. The molecule has 2 aromatic rings. The zero-order chi connectivity index (χ0) is 35.9. The van der Waals surface area contributed by atoms with Crippen LogP contribution in [-0.4, -0.2) is 35.8 Å². The molecule has 50 heavy (non-hydrogen) atoms. The van der Waals surface area contributed by atoms with Crippen LogP contribution in [0.15, 0.2) is 12.1 Å². The zero-order valence-corrected chi connectivity index (χ0v) is 32.0. The maximum Gasteiger partial charge on any atom is 0.259 e. The number of phenols is 1. The summed E-state index contributed by atoms with van der Waals surface area (Å²) < 4.78 is 24.4. The molecule has 0 aliphatic carbocycles. The first-order chi connectivity index (χ1) is 24.3. The molecule has 2 aliphatic rings. The lowest BCUT2D eigenvalue weighted by molar-refractivity contribution is 0.00426. The average Bonchev–Trinajstić information content (AvgIpc) is 3.07. The van der Waals surface area contributed by atoms with Crippen LogP contribution < -0.4 is 14.2 Å². The van der Waals surface area contributed by atoms with Crippen molar-refractivity contribution in [3.8, 4) is 23.0 Å². The number of carbonyl (C=O) groups is 2. The Bertz CT molecular complexity index is 1410. The molecule has 2 aliphatic heterocycles. The Morgan fingerprint density at radius 2 is 1.18 bits per heavy atom. The summed E-state index contributed by atoms with van der Waals surface area (Å²) in [6.07, 6.45) is 19.5. The van der Waals surface area contributed by atoms with Crippen LogP contribution in [0.3, 0.4) is 0 Å². The minimum Gasteiger partial charge on any atom is -0.507 e. The van der Waals surface area contributed by atoms with Gasteiger partial charge in [-0.2, -0.15) is 0 Å². The number of aromatic hydroxyl groups is 1. The SMILES string of the molecule is CCCCCCCc1cc2c(c(C(=O)Cl)c1O)OCOc1c(cc3c(c1C(=O)Cl)OCOCCC3CCCCCCC)C2CCCCCCC. The monoisotopic (exact) mass is 732 g/mol. The first kappa shape index (κ1) is 40.3. The van der Waals surface area contributed by atoms with E-state index in [0.29, 0.717) is 36.5 Å². The molecule has 0 amide bonds. The van der Waals surface area contributed by atoms with Crippen molar-refractivity contribution in [3.05, 3.63) is 45.5 Å². The Morgan fingerprint density at radius 1 is 0.660 bits per heavy atom. The Kier molecular flexibility index (Phi) is 17.0. The molecule has 0 radical (unpaired) electrons. The summed E-state index contributed by atoms with van der Waals surface area (Å²) in [5.74, 6) is 0.639. The molecule has 0 fully saturated rings. The number of carbonyl (C=O) groups excluding carboxylic acids is 2. The van der Waals surface area contributed by atoms with Gasteiger partial charge < -0.3 is 24.1 Å². The fraction of sp³-hybridized carbons (Fsp3) is 0.659. The van der Waals surface area contributed by atoms with Gasteiger partial charge in [0.1, 0.15) is 34.1 Å². The third-order valence-corrected chi connectivity index (χ3v) is 10.7. The Hall–Kier alpha value is -2.48. The lowest BCUT2D eigenvalue weighted by atomic mass is 9.79. The van der Waals surface area contributed by atoms with Gasteiger partial charge in [-0.25, -0.2) is 0 Å². The number of unbranched alkanes of at least 4 members (excludes halogenated alkanes) is 12. The second-order valence-electron chi connectivity index (χ2n) is 14.0. The largest absolute Gasteiger partial charge is 0.507 e. The number of ether oxygens (including phenoxy) is 4. The van der Waals surface area contributed by atoms with E-state index in [1.807, 2.05) is 6.07 Å². The second kappa shape index (κ2) is 21.1. The van der Waals surface area contributed by atoms with Crippen molar-refractivity contribution in [3.63, 3.8) is 0 Å². The van der Waals surface area contributed by atoms with E-state index in [4.69, 9.17) is 42.1 Å². The molecule has 2 aromatic carbocycles. The highest BCUT2D eigenvalue weighted by Crippen LogP contribution is 2.51. The fourth-order valence-electron chi connectivity index (χ4n) is 7.59. The van der Waals surface area contributed by atoms with E-state index in [1.165, 1.54) is 19.3 Å². The summed E-state index contributed by atoms with van der Waals surface area (Å²) in [7, 11) is 0. The molecule has 1 N–H and O–H groups in total. The van der Waals surface area contributed by atoms with Gasteiger partial charge in [0.15, 0.2) is 6.79 Å². The van der Waals surface area contributed by atoms with E-state index in [1.54, 1.807) is 0 Å². The van der Waals surface area contributed by atoms with Gasteiger partial charge in [0.05, 0.1) is 6.61 Å². The molecule has 2 unspecified atom stereocenters. The predicted molar refractivity (Wildman–Crippen MR) is 201 cm³/mol. The highest BCUT2D eigenvalue weighted by molar-refractivity contribution is 6.68. The van der Waals surface area contributed by atoms with Gasteiger partial charge >= 0.3 is 0 Å². The number of benzene rings is 2. The van der Waals surface area contributed by atoms with Gasteiger partial charge in [0.2, 0.25) is 6.79 Å². The number of hydrogen-bond acceptors (Lipinski definition) is 7. The topological polar surface area (TPSA) is 91.3 Å². The highest BCUT2D eigenvalue weighted by atomic mass is 35.5. The van der Waals surface area contributed by atoms with Gasteiger partial charge in [0.25, 0.3) is 10.5 Å². The summed E-state index contributed by atoms with van der Waals surface area (Å²) in [4.78, 5) is 26.4. The van der Waals surface area contributed by atoms with Gasteiger partial charge in [-0.3, -0.25) is 9.59 Å². The number of phenolic OH excluding ortho intramolecular Hbond substituents is 1. The number of fused-ring (bicyclic) bond motifs is 3. The summed E-state index contributed by atoms with van der Waals surface area (Å²) >= 11 is 12.6. The van der Waals surface area contributed by atoms with Crippen molar-refractivity contribution < 1.29 is 33.6 Å². The normalized spacial score (nSPS) is 17.1. The molecular formula is C41H58Cl2O7. The molecule has 9 heteroatoms. The summed E-state index contributed by atoms with van der Waals surface area (Å²) in [6, 6.07) is 4.15. The highest BCUT2D eigenvalue weighted by Gasteiger charge is 2.36. The maximum atomic E-state index is 13.4. The number of aryl methyl sites for hydroxylation is 1. The van der Waals surface area contributed by atoms with E-state index < -0.39 is 10.5 Å². The quantitative estimate of drug-likeness (QED) is 0.107. The van der Waals surface area contributed by atoms with Crippen molar-refractivity contribution >= 4 is 33.7 Å². The van der Waals surface area contributed by atoms with Crippen molar-refractivity contribution in [2.45, 2.75) is 155 Å². The molecule has 2 atom stereocenters. The number of halogens is 2. The molecule has 0 spiro atoms. The summed E-state index contributed by atoms with van der Waals surface area (Å²) in [6.45, 7) is 6.84. The molecule has 0 aromatic heterocycles.